The standard InChI is InChI=1S/C50H32N2O/c1-2-12-34(13-3-1)52-44-21-11-10-20-43(44)51-49(52)32-24-22-31(23-25-32)33-26-28-45-38(30-33)48-46(53-45)29-27-42-47(48)37-16-6-9-19-41(37)50(42)39-17-7-4-14-35(39)36-15-5-8-18-40(36)50/h1-30,49,51H. The van der Waals surface area contributed by atoms with Gasteiger partial charge in [0, 0.05) is 16.5 Å². The van der Waals surface area contributed by atoms with E-state index < -0.39 is 0 Å². The molecule has 0 saturated heterocycles. The van der Waals surface area contributed by atoms with Crippen molar-refractivity contribution in [3.8, 4) is 33.4 Å². The fourth-order valence-electron chi connectivity index (χ4n) is 9.75. The Kier molecular flexibility index (Phi) is 5.76. The van der Waals surface area contributed by atoms with E-state index in [1.807, 2.05) is 0 Å². The van der Waals surface area contributed by atoms with Crippen LogP contribution in [0.15, 0.2) is 186 Å². The molecule has 1 spiro atoms. The first-order chi connectivity index (χ1) is 26.3. The molecule has 0 radical (unpaired) electrons. The van der Waals surface area contributed by atoms with Gasteiger partial charge in [-0.3, -0.25) is 0 Å². The van der Waals surface area contributed by atoms with Gasteiger partial charge in [0.25, 0.3) is 0 Å². The second-order valence-corrected chi connectivity index (χ2v) is 14.5. The number of anilines is 3. The van der Waals surface area contributed by atoms with Crippen molar-refractivity contribution in [2.24, 2.45) is 0 Å². The first kappa shape index (κ1) is 28.8. The summed E-state index contributed by atoms with van der Waals surface area (Å²) in [7, 11) is 0. The molecule has 248 valence electrons. The van der Waals surface area contributed by atoms with Crippen LogP contribution in [0.1, 0.15) is 34.0 Å². The molecule has 0 bridgehead atoms. The summed E-state index contributed by atoms with van der Waals surface area (Å²) in [4.78, 5) is 2.39. The average Bonchev–Trinajstić information content (AvgIpc) is 3.96. The molecule has 1 aliphatic heterocycles. The highest BCUT2D eigenvalue weighted by Gasteiger charge is 2.52. The van der Waals surface area contributed by atoms with Crippen LogP contribution >= 0.6 is 0 Å². The van der Waals surface area contributed by atoms with Crippen molar-refractivity contribution in [3.63, 3.8) is 0 Å². The van der Waals surface area contributed by atoms with E-state index in [2.05, 4.69) is 192 Å². The summed E-state index contributed by atoms with van der Waals surface area (Å²) < 4.78 is 6.63. The number of nitrogens with zero attached hydrogens (tertiary/aromatic N) is 1. The summed E-state index contributed by atoms with van der Waals surface area (Å²) in [6.07, 6.45) is -0.00928. The molecule has 1 aromatic heterocycles. The number of benzene rings is 8. The van der Waals surface area contributed by atoms with Gasteiger partial charge in [-0.05, 0) is 104 Å². The number of hydrogen-bond acceptors (Lipinski definition) is 3. The predicted octanol–water partition coefficient (Wildman–Crippen LogP) is 12.9. The number of rotatable bonds is 3. The van der Waals surface area contributed by atoms with Crippen LogP contribution in [0.5, 0.6) is 0 Å². The Hall–Kier alpha value is -6.84. The van der Waals surface area contributed by atoms with E-state index in [1.165, 1.54) is 72.3 Å². The highest BCUT2D eigenvalue weighted by molar-refractivity contribution is 6.17. The summed E-state index contributed by atoms with van der Waals surface area (Å²) >= 11 is 0. The zero-order chi connectivity index (χ0) is 34.7. The average molecular weight is 677 g/mol. The quantitative estimate of drug-likeness (QED) is 0.202. The van der Waals surface area contributed by atoms with Crippen LogP contribution in [-0.2, 0) is 5.41 Å². The van der Waals surface area contributed by atoms with Crippen molar-refractivity contribution in [1.29, 1.82) is 0 Å². The van der Waals surface area contributed by atoms with Gasteiger partial charge in [-0.1, -0.05) is 140 Å². The van der Waals surface area contributed by atoms with Gasteiger partial charge in [-0.15, -0.1) is 0 Å². The van der Waals surface area contributed by atoms with Crippen molar-refractivity contribution in [1.82, 2.24) is 0 Å². The summed E-state index contributed by atoms with van der Waals surface area (Å²) in [5.41, 5.74) is 19.1. The van der Waals surface area contributed by atoms with Gasteiger partial charge in [0.05, 0.1) is 16.8 Å². The van der Waals surface area contributed by atoms with Crippen molar-refractivity contribution in [2.75, 3.05) is 10.2 Å². The molecular formula is C50H32N2O. The van der Waals surface area contributed by atoms with Gasteiger partial charge >= 0.3 is 0 Å². The summed E-state index contributed by atoms with van der Waals surface area (Å²) in [5, 5.41) is 6.11. The maximum Gasteiger partial charge on any atom is 0.136 e. The summed E-state index contributed by atoms with van der Waals surface area (Å²) in [6.45, 7) is 0. The number of para-hydroxylation sites is 3. The van der Waals surface area contributed by atoms with E-state index in [0.29, 0.717) is 0 Å². The zero-order valence-electron chi connectivity index (χ0n) is 28.8. The Morgan fingerprint density at radius 1 is 0.491 bits per heavy atom. The third-order valence-corrected chi connectivity index (χ3v) is 11.9. The molecule has 0 fully saturated rings. The Morgan fingerprint density at radius 2 is 1.09 bits per heavy atom. The Bertz CT molecular complexity index is 2890. The molecule has 0 amide bonds. The molecule has 3 heteroatoms. The molecule has 1 unspecified atom stereocenters. The van der Waals surface area contributed by atoms with Crippen LogP contribution in [0.2, 0.25) is 0 Å². The molecule has 2 aliphatic carbocycles. The molecular weight excluding hydrogens is 645 g/mol. The largest absolute Gasteiger partial charge is 0.456 e. The molecule has 1 N–H and O–H groups in total. The third-order valence-electron chi connectivity index (χ3n) is 11.9. The topological polar surface area (TPSA) is 28.4 Å². The Labute approximate surface area is 307 Å². The molecule has 3 nitrogen and oxygen atoms in total. The van der Waals surface area contributed by atoms with E-state index in [0.717, 1.165) is 27.9 Å². The van der Waals surface area contributed by atoms with Gasteiger partial charge in [-0.25, -0.2) is 0 Å². The van der Waals surface area contributed by atoms with Crippen LogP contribution in [0.25, 0.3) is 55.3 Å². The monoisotopic (exact) mass is 676 g/mol. The SMILES string of the molecule is c1ccc(N2c3ccccc3NC2c2ccc(-c3ccc4oc5ccc6c(c5c4c3)-c3ccccc3C63c4ccccc4-c4ccccc43)cc2)cc1. The van der Waals surface area contributed by atoms with Crippen LogP contribution in [0.4, 0.5) is 17.1 Å². The van der Waals surface area contributed by atoms with Crippen LogP contribution in [0, 0.1) is 0 Å². The lowest BCUT2D eigenvalue weighted by Gasteiger charge is -2.30. The van der Waals surface area contributed by atoms with Gasteiger partial charge in [0.2, 0.25) is 0 Å². The fraction of sp³-hybridized carbons (Fsp3) is 0.0400. The van der Waals surface area contributed by atoms with Crippen LogP contribution in [0.3, 0.4) is 0 Å². The van der Waals surface area contributed by atoms with Crippen molar-refractivity contribution >= 4 is 39.0 Å². The highest BCUT2D eigenvalue weighted by atomic mass is 16.3. The minimum Gasteiger partial charge on any atom is -0.456 e. The fourth-order valence-corrected chi connectivity index (χ4v) is 9.75. The molecule has 8 aromatic carbocycles. The lowest BCUT2D eigenvalue weighted by molar-refractivity contribution is 0.668. The second-order valence-electron chi connectivity index (χ2n) is 14.5. The van der Waals surface area contributed by atoms with E-state index >= 15 is 0 Å². The minimum atomic E-state index is -0.383. The molecule has 1 atom stereocenters. The van der Waals surface area contributed by atoms with Crippen molar-refractivity contribution in [3.05, 3.63) is 210 Å². The summed E-state index contributed by atoms with van der Waals surface area (Å²) in [5.74, 6) is 0. The third kappa shape index (κ3) is 3.78. The number of furan rings is 1. The van der Waals surface area contributed by atoms with Crippen LogP contribution < -0.4 is 10.2 Å². The number of hydrogen-bond donors (Lipinski definition) is 1. The lowest BCUT2D eigenvalue weighted by Crippen LogP contribution is -2.25. The zero-order valence-corrected chi connectivity index (χ0v) is 28.8. The normalized spacial score (nSPS) is 15.6. The molecule has 12 rings (SSSR count). The smallest absolute Gasteiger partial charge is 0.136 e. The predicted molar refractivity (Wildman–Crippen MR) is 217 cm³/mol. The van der Waals surface area contributed by atoms with E-state index in [-0.39, 0.29) is 11.6 Å². The maximum absolute atomic E-state index is 6.63. The van der Waals surface area contributed by atoms with Gasteiger partial charge in [-0.2, -0.15) is 0 Å². The number of fused-ring (bicyclic) bond motifs is 15. The maximum atomic E-state index is 6.63. The van der Waals surface area contributed by atoms with Gasteiger partial charge in [0.1, 0.15) is 17.3 Å². The Morgan fingerprint density at radius 3 is 1.85 bits per heavy atom. The van der Waals surface area contributed by atoms with Gasteiger partial charge in [0.15, 0.2) is 0 Å². The minimum absolute atomic E-state index is 0.00928. The molecule has 3 aliphatic rings. The summed E-state index contributed by atoms with van der Waals surface area (Å²) in [6, 6.07) is 66.4. The van der Waals surface area contributed by atoms with Gasteiger partial charge < -0.3 is 14.6 Å². The Balaban J connectivity index is 1.01. The van der Waals surface area contributed by atoms with E-state index in [9.17, 15) is 0 Å². The van der Waals surface area contributed by atoms with Crippen LogP contribution in [-0.4, -0.2) is 0 Å². The molecule has 0 saturated carbocycles. The second kappa shape index (κ2) is 10.6. The van der Waals surface area contributed by atoms with Crippen molar-refractivity contribution < 1.29 is 4.42 Å². The molecule has 2 heterocycles. The van der Waals surface area contributed by atoms with E-state index in [4.69, 9.17) is 4.42 Å². The lowest BCUT2D eigenvalue weighted by atomic mass is 9.70. The first-order valence-electron chi connectivity index (χ1n) is 18.4. The number of nitrogens with one attached hydrogen (secondary N) is 1. The van der Waals surface area contributed by atoms with Crippen molar-refractivity contribution in [2.45, 2.75) is 11.6 Å². The van der Waals surface area contributed by atoms with E-state index in [1.54, 1.807) is 0 Å². The highest BCUT2D eigenvalue weighted by Crippen LogP contribution is 2.64. The molecule has 53 heavy (non-hydrogen) atoms. The molecule has 9 aromatic rings. The first-order valence-corrected chi connectivity index (χ1v) is 18.4.